The van der Waals surface area contributed by atoms with Gasteiger partial charge in [0, 0.05) is 43.8 Å². The first-order valence-electron chi connectivity index (χ1n) is 11.0. The summed E-state index contributed by atoms with van der Waals surface area (Å²) in [4.78, 5) is 35.7. The summed E-state index contributed by atoms with van der Waals surface area (Å²) in [6.45, 7) is 8.33. The molecule has 8 heteroatoms. The van der Waals surface area contributed by atoms with Gasteiger partial charge in [-0.1, -0.05) is 32.0 Å². The number of amides is 2. The van der Waals surface area contributed by atoms with Gasteiger partial charge in [0.25, 0.3) is 0 Å². The number of piperazine rings is 1. The number of hydrogen-bond donors (Lipinski definition) is 1. The predicted molar refractivity (Wildman–Crippen MR) is 125 cm³/mol. The van der Waals surface area contributed by atoms with Crippen LogP contribution in [0.4, 0.5) is 5.69 Å². The number of carbonyl (C=O) groups excluding carboxylic acids is 2. The Morgan fingerprint density at radius 1 is 1.13 bits per heavy atom. The Kier molecular flexibility index (Phi) is 8.57. The molecule has 168 valence electrons. The number of benzene rings is 1. The zero-order valence-electron chi connectivity index (χ0n) is 18.8. The van der Waals surface area contributed by atoms with Crippen molar-refractivity contribution in [1.82, 2.24) is 19.7 Å². The second-order valence-corrected chi connectivity index (χ2v) is 8.92. The Bertz CT molecular complexity index is 876. The van der Waals surface area contributed by atoms with Crippen molar-refractivity contribution in [1.29, 1.82) is 0 Å². The summed E-state index contributed by atoms with van der Waals surface area (Å²) in [6.07, 6.45) is 1.83. The Balaban J connectivity index is 1.40. The van der Waals surface area contributed by atoms with Crippen LogP contribution in [0, 0.1) is 0 Å². The lowest BCUT2D eigenvalue weighted by atomic mass is 10.1. The largest absolute Gasteiger partial charge is 0.339 e. The van der Waals surface area contributed by atoms with Gasteiger partial charge in [-0.15, -0.1) is 11.3 Å². The minimum atomic E-state index is -0.00452. The van der Waals surface area contributed by atoms with E-state index in [9.17, 15) is 9.59 Å². The van der Waals surface area contributed by atoms with Crippen LogP contribution in [0.5, 0.6) is 0 Å². The molecule has 3 rings (SSSR count). The fraction of sp³-hybridized carbons (Fsp3) is 0.522. The van der Waals surface area contributed by atoms with E-state index >= 15 is 0 Å². The SMILES string of the molecule is CCc1nc(CN(C)CC(=O)N2CCN(CC(=O)Nc3ccccc3CC)CC2)cs1. The summed E-state index contributed by atoms with van der Waals surface area (Å²) in [5.41, 5.74) is 3.05. The van der Waals surface area contributed by atoms with E-state index in [1.807, 2.05) is 41.1 Å². The van der Waals surface area contributed by atoms with Gasteiger partial charge < -0.3 is 10.2 Å². The van der Waals surface area contributed by atoms with Crippen LogP contribution in [0.25, 0.3) is 0 Å². The summed E-state index contributed by atoms with van der Waals surface area (Å²) in [5.74, 6) is 0.129. The third-order valence-corrected chi connectivity index (χ3v) is 6.55. The maximum atomic E-state index is 12.7. The predicted octanol–water partition coefficient (Wildman–Crippen LogP) is 2.48. The molecule has 2 aromatic rings. The zero-order chi connectivity index (χ0) is 22.2. The van der Waals surface area contributed by atoms with Crippen LogP contribution >= 0.6 is 11.3 Å². The Morgan fingerprint density at radius 3 is 2.55 bits per heavy atom. The van der Waals surface area contributed by atoms with Gasteiger partial charge in [-0.2, -0.15) is 0 Å². The van der Waals surface area contributed by atoms with Crippen LogP contribution in [0.2, 0.25) is 0 Å². The summed E-state index contributed by atoms with van der Waals surface area (Å²) < 4.78 is 0. The van der Waals surface area contributed by atoms with Gasteiger partial charge in [-0.25, -0.2) is 4.98 Å². The lowest BCUT2D eigenvalue weighted by molar-refractivity contribution is -0.134. The van der Waals surface area contributed by atoms with Crippen molar-refractivity contribution in [2.45, 2.75) is 33.2 Å². The Morgan fingerprint density at radius 2 is 1.87 bits per heavy atom. The van der Waals surface area contributed by atoms with Gasteiger partial charge in [-0.05, 0) is 31.5 Å². The summed E-state index contributed by atoms with van der Waals surface area (Å²) in [6, 6.07) is 7.90. The molecule has 1 aliphatic rings. The first-order chi connectivity index (χ1) is 15.0. The summed E-state index contributed by atoms with van der Waals surface area (Å²) in [5, 5.41) is 6.23. The molecule has 1 saturated heterocycles. The topological polar surface area (TPSA) is 68.8 Å². The summed E-state index contributed by atoms with van der Waals surface area (Å²) >= 11 is 1.67. The molecule has 2 heterocycles. The molecule has 31 heavy (non-hydrogen) atoms. The number of rotatable bonds is 9. The molecular formula is C23H33N5O2S. The molecule has 0 unspecified atom stereocenters. The third kappa shape index (κ3) is 6.85. The number of thiazole rings is 1. The smallest absolute Gasteiger partial charge is 0.238 e. The Labute approximate surface area is 189 Å². The van der Waals surface area contributed by atoms with Crippen molar-refractivity contribution >= 4 is 28.8 Å². The molecule has 0 spiro atoms. The van der Waals surface area contributed by atoms with Crippen molar-refractivity contribution < 1.29 is 9.59 Å². The number of para-hydroxylation sites is 1. The van der Waals surface area contributed by atoms with Crippen LogP contribution in [0.3, 0.4) is 0 Å². The minimum absolute atomic E-state index is 0.00452. The number of nitrogens with zero attached hydrogens (tertiary/aromatic N) is 4. The van der Waals surface area contributed by atoms with E-state index in [4.69, 9.17) is 0 Å². The van der Waals surface area contributed by atoms with Crippen molar-refractivity contribution in [3.8, 4) is 0 Å². The number of likely N-dealkylation sites (N-methyl/N-ethyl adjacent to an activating group) is 1. The first kappa shape index (κ1) is 23.4. The highest BCUT2D eigenvalue weighted by Crippen LogP contribution is 2.16. The fourth-order valence-electron chi connectivity index (χ4n) is 3.75. The lowest BCUT2D eigenvalue weighted by Gasteiger charge is -2.35. The van der Waals surface area contributed by atoms with Gasteiger partial charge in [0.15, 0.2) is 0 Å². The first-order valence-corrected chi connectivity index (χ1v) is 11.9. The molecule has 0 aliphatic carbocycles. The normalized spacial score (nSPS) is 14.8. The highest BCUT2D eigenvalue weighted by Gasteiger charge is 2.23. The van der Waals surface area contributed by atoms with E-state index in [0.29, 0.717) is 45.8 Å². The lowest BCUT2D eigenvalue weighted by Crippen LogP contribution is -2.52. The molecule has 1 aromatic carbocycles. The molecule has 0 radical (unpaired) electrons. The highest BCUT2D eigenvalue weighted by molar-refractivity contribution is 7.09. The molecule has 7 nitrogen and oxygen atoms in total. The maximum Gasteiger partial charge on any atom is 0.238 e. The van der Waals surface area contributed by atoms with E-state index in [2.05, 4.69) is 34.4 Å². The standard InChI is InChI=1S/C23H33N5O2S/c1-4-18-8-6-7-9-20(18)25-21(29)15-27-10-12-28(13-11-27)23(30)16-26(3)14-19-17-31-22(5-2)24-19/h6-9,17H,4-5,10-16H2,1-3H3,(H,25,29). The van der Waals surface area contributed by atoms with Gasteiger partial charge >= 0.3 is 0 Å². The number of hydrogen-bond acceptors (Lipinski definition) is 6. The zero-order valence-corrected chi connectivity index (χ0v) is 19.6. The number of carbonyl (C=O) groups is 2. The van der Waals surface area contributed by atoms with Crippen LogP contribution < -0.4 is 5.32 Å². The quantitative estimate of drug-likeness (QED) is 0.645. The molecule has 1 aliphatic heterocycles. The molecule has 0 saturated carbocycles. The van der Waals surface area contributed by atoms with Crippen molar-refractivity contribution in [2.24, 2.45) is 0 Å². The van der Waals surface area contributed by atoms with Gasteiger partial charge in [0.1, 0.15) is 0 Å². The van der Waals surface area contributed by atoms with E-state index in [0.717, 1.165) is 34.8 Å². The van der Waals surface area contributed by atoms with Crippen molar-refractivity contribution in [3.63, 3.8) is 0 Å². The molecule has 1 aromatic heterocycles. The second-order valence-electron chi connectivity index (χ2n) is 7.97. The van der Waals surface area contributed by atoms with Crippen molar-refractivity contribution in [2.75, 3.05) is 51.6 Å². The average molecular weight is 444 g/mol. The van der Waals surface area contributed by atoms with Gasteiger partial charge in [0.05, 0.1) is 23.8 Å². The second kappa shape index (κ2) is 11.4. The number of aromatic nitrogens is 1. The van der Waals surface area contributed by atoms with E-state index < -0.39 is 0 Å². The minimum Gasteiger partial charge on any atom is -0.339 e. The maximum absolute atomic E-state index is 12.7. The van der Waals surface area contributed by atoms with Gasteiger partial charge in [-0.3, -0.25) is 19.4 Å². The number of anilines is 1. The van der Waals surface area contributed by atoms with Crippen molar-refractivity contribution in [3.05, 3.63) is 45.9 Å². The van der Waals surface area contributed by atoms with E-state index in [1.54, 1.807) is 11.3 Å². The molecule has 0 atom stereocenters. The van der Waals surface area contributed by atoms with E-state index in [-0.39, 0.29) is 11.8 Å². The molecule has 2 amide bonds. The van der Waals surface area contributed by atoms with E-state index in [1.165, 1.54) is 0 Å². The van der Waals surface area contributed by atoms with Gasteiger partial charge in [0.2, 0.25) is 11.8 Å². The monoisotopic (exact) mass is 443 g/mol. The molecule has 0 bridgehead atoms. The third-order valence-electron chi connectivity index (χ3n) is 5.50. The fourth-order valence-corrected chi connectivity index (χ4v) is 4.48. The number of nitrogens with one attached hydrogen (secondary N) is 1. The number of aryl methyl sites for hydroxylation is 2. The molecule has 1 N–H and O–H groups in total. The molecule has 1 fully saturated rings. The summed E-state index contributed by atoms with van der Waals surface area (Å²) in [7, 11) is 1.96. The Hall–Kier alpha value is -2.29. The van der Waals surface area contributed by atoms with Crippen LogP contribution in [0.15, 0.2) is 29.6 Å². The van der Waals surface area contributed by atoms with Crippen LogP contribution in [-0.2, 0) is 29.0 Å². The highest BCUT2D eigenvalue weighted by atomic mass is 32.1. The molecular weight excluding hydrogens is 410 g/mol. The van der Waals surface area contributed by atoms with Crippen LogP contribution in [-0.4, -0.2) is 77.8 Å². The average Bonchev–Trinajstić information content (AvgIpc) is 3.21. The van der Waals surface area contributed by atoms with Crippen LogP contribution in [0.1, 0.15) is 30.1 Å².